The molecule has 4 heteroatoms. The number of ether oxygens (including phenoxy) is 1. The van der Waals surface area contributed by atoms with Gasteiger partial charge in [0.15, 0.2) is 0 Å². The molecule has 1 aliphatic heterocycles. The lowest BCUT2D eigenvalue weighted by Gasteiger charge is -2.20. The largest absolute Gasteiger partial charge is 0.384 e. The predicted molar refractivity (Wildman–Crippen MR) is 59.8 cm³/mol. The van der Waals surface area contributed by atoms with Gasteiger partial charge in [0, 0.05) is 19.1 Å². The van der Waals surface area contributed by atoms with Gasteiger partial charge >= 0.3 is 0 Å². The molecule has 15 heavy (non-hydrogen) atoms. The van der Waals surface area contributed by atoms with Crippen molar-refractivity contribution < 1.29 is 4.74 Å². The molecule has 1 aromatic rings. The first-order valence-corrected chi connectivity index (χ1v) is 5.64. The third-order valence-electron chi connectivity index (χ3n) is 3.09. The lowest BCUT2D eigenvalue weighted by Crippen LogP contribution is -2.17. The van der Waals surface area contributed by atoms with Gasteiger partial charge in [-0.1, -0.05) is 0 Å². The number of aromatic nitrogens is 2. The van der Waals surface area contributed by atoms with E-state index in [0.29, 0.717) is 5.92 Å². The number of aryl methyl sites for hydroxylation is 1. The van der Waals surface area contributed by atoms with Crippen molar-refractivity contribution in [1.29, 1.82) is 0 Å². The molecule has 0 radical (unpaired) electrons. The average molecular weight is 209 g/mol. The van der Waals surface area contributed by atoms with Gasteiger partial charge in [0.1, 0.15) is 11.6 Å². The number of anilines is 1. The van der Waals surface area contributed by atoms with E-state index in [1.807, 2.05) is 6.92 Å². The molecule has 1 aliphatic rings. The second-order valence-electron chi connectivity index (χ2n) is 4.09. The van der Waals surface area contributed by atoms with Crippen molar-refractivity contribution in [1.82, 2.24) is 9.55 Å². The molecule has 0 bridgehead atoms. The SMILES string of the molecule is CCn1c(C)nc(C2CCCOC2)c1N. The number of imidazole rings is 1. The van der Waals surface area contributed by atoms with Gasteiger partial charge in [-0.25, -0.2) is 4.98 Å². The molecular formula is C11H19N3O. The van der Waals surface area contributed by atoms with E-state index in [-0.39, 0.29) is 0 Å². The lowest BCUT2D eigenvalue weighted by atomic mass is 9.99. The third kappa shape index (κ3) is 1.86. The molecule has 0 aromatic carbocycles. The van der Waals surface area contributed by atoms with E-state index in [1.54, 1.807) is 0 Å². The zero-order valence-corrected chi connectivity index (χ0v) is 9.49. The number of hydrogen-bond acceptors (Lipinski definition) is 3. The summed E-state index contributed by atoms with van der Waals surface area (Å²) >= 11 is 0. The smallest absolute Gasteiger partial charge is 0.127 e. The fourth-order valence-electron chi connectivity index (χ4n) is 2.26. The van der Waals surface area contributed by atoms with E-state index in [4.69, 9.17) is 10.5 Å². The number of rotatable bonds is 2. The highest BCUT2D eigenvalue weighted by Crippen LogP contribution is 2.29. The molecular weight excluding hydrogens is 190 g/mol. The zero-order chi connectivity index (χ0) is 10.8. The van der Waals surface area contributed by atoms with Gasteiger partial charge in [0.2, 0.25) is 0 Å². The van der Waals surface area contributed by atoms with Crippen LogP contribution in [0.1, 0.15) is 37.2 Å². The van der Waals surface area contributed by atoms with Crippen LogP contribution in [0.2, 0.25) is 0 Å². The zero-order valence-electron chi connectivity index (χ0n) is 9.49. The van der Waals surface area contributed by atoms with Gasteiger partial charge in [-0.05, 0) is 26.7 Å². The molecule has 1 atom stereocenters. The molecule has 1 unspecified atom stereocenters. The predicted octanol–water partition coefficient (Wildman–Crippen LogP) is 1.69. The van der Waals surface area contributed by atoms with Gasteiger partial charge in [-0.3, -0.25) is 0 Å². The maximum absolute atomic E-state index is 6.09. The summed E-state index contributed by atoms with van der Waals surface area (Å²) in [6.07, 6.45) is 2.26. The highest BCUT2D eigenvalue weighted by Gasteiger charge is 2.22. The van der Waals surface area contributed by atoms with Crippen molar-refractivity contribution in [2.75, 3.05) is 18.9 Å². The monoisotopic (exact) mass is 209 g/mol. The van der Waals surface area contributed by atoms with E-state index < -0.39 is 0 Å². The van der Waals surface area contributed by atoms with Crippen LogP contribution in [0.15, 0.2) is 0 Å². The molecule has 1 fully saturated rings. The molecule has 0 amide bonds. The molecule has 1 aromatic heterocycles. The summed E-state index contributed by atoms with van der Waals surface area (Å²) in [5.74, 6) is 2.23. The normalized spacial score (nSPS) is 21.9. The average Bonchev–Trinajstić information content (AvgIpc) is 2.55. The van der Waals surface area contributed by atoms with E-state index in [1.165, 1.54) is 0 Å². The summed E-state index contributed by atoms with van der Waals surface area (Å²) in [5.41, 5.74) is 7.13. The van der Waals surface area contributed by atoms with Crippen molar-refractivity contribution in [3.8, 4) is 0 Å². The molecule has 0 aliphatic carbocycles. The van der Waals surface area contributed by atoms with Gasteiger partial charge in [-0.15, -0.1) is 0 Å². The quantitative estimate of drug-likeness (QED) is 0.806. The van der Waals surface area contributed by atoms with Crippen molar-refractivity contribution in [2.45, 2.75) is 39.2 Å². The van der Waals surface area contributed by atoms with Crippen molar-refractivity contribution in [3.05, 3.63) is 11.5 Å². The molecule has 1 saturated heterocycles. The van der Waals surface area contributed by atoms with E-state index >= 15 is 0 Å². The maximum Gasteiger partial charge on any atom is 0.127 e. The first kappa shape index (κ1) is 10.5. The number of hydrogen-bond donors (Lipinski definition) is 1. The Morgan fingerprint density at radius 1 is 1.60 bits per heavy atom. The molecule has 0 spiro atoms. The van der Waals surface area contributed by atoms with Crippen LogP contribution < -0.4 is 5.73 Å². The highest BCUT2D eigenvalue weighted by atomic mass is 16.5. The molecule has 84 valence electrons. The van der Waals surface area contributed by atoms with E-state index in [0.717, 1.165) is 49.9 Å². The van der Waals surface area contributed by atoms with Crippen LogP contribution in [0.5, 0.6) is 0 Å². The minimum atomic E-state index is 0.394. The topological polar surface area (TPSA) is 53.1 Å². The maximum atomic E-state index is 6.09. The molecule has 4 nitrogen and oxygen atoms in total. The summed E-state index contributed by atoms with van der Waals surface area (Å²) < 4.78 is 7.53. The Morgan fingerprint density at radius 2 is 2.40 bits per heavy atom. The first-order valence-electron chi connectivity index (χ1n) is 5.64. The van der Waals surface area contributed by atoms with Crippen molar-refractivity contribution in [3.63, 3.8) is 0 Å². The number of nitrogens with two attached hydrogens (primary N) is 1. The van der Waals surface area contributed by atoms with Crippen LogP contribution >= 0.6 is 0 Å². The van der Waals surface area contributed by atoms with Gasteiger partial charge in [0.25, 0.3) is 0 Å². The minimum Gasteiger partial charge on any atom is -0.384 e. The Labute approximate surface area is 90.4 Å². The van der Waals surface area contributed by atoms with Crippen molar-refractivity contribution >= 4 is 5.82 Å². The van der Waals surface area contributed by atoms with Gasteiger partial charge in [0.05, 0.1) is 12.3 Å². The summed E-state index contributed by atoms with van der Waals surface area (Å²) in [6, 6.07) is 0. The minimum absolute atomic E-state index is 0.394. The summed E-state index contributed by atoms with van der Waals surface area (Å²) in [5, 5.41) is 0. The second kappa shape index (κ2) is 4.23. The standard InChI is InChI=1S/C11H19N3O/c1-3-14-8(2)13-10(11(14)12)9-5-4-6-15-7-9/h9H,3-7,12H2,1-2H3. The number of nitrogens with zero attached hydrogens (tertiary/aromatic N) is 2. The Bertz CT molecular complexity index is 340. The Kier molecular flexibility index (Phi) is 2.95. The molecule has 0 saturated carbocycles. The Morgan fingerprint density at radius 3 is 2.93 bits per heavy atom. The summed E-state index contributed by atoms with van der Waals surface area (Å²) in [7, 11) is 0. The second-order valence-corrected chi connectivity index (χ2v) is 4.09. The van der Waals surface area contributed by atoms with Gasteiger partial charge in [-0.2, -0.15) is 0 Å². The van der Waals surface area contributed by atoms with Crippen LogP contribution in [-0.2, 0) is 11.3 Å². The fraction of sp³-hybridized carbons (Fsp3) is 0.727. The molecule has 2 rings (SSSR count). The van der Waals surface area contributed by atoms with Crippen molar-refractivity contribution in [2.24, 2.45) is 0 Å². The Hall–Kier alpha value is -1.03. The highest BCUT2D eigenvalue weighted by molar-refractivity contribution is 5.40. The van der Waals surface area contributed by atoms with Gasteiger partial charge < -0.3 is 15.0 Å². The number of nitrogen functional groups attached to an aromatic ring is 1. The van der Waals surface area contributed by atoms with E-state index in [9.17, 15) is 0 Å². The van der Waals surface area contributed by atoms with Crippen LogP contribution in [0.3, 0.4) is 0 Å². The molecule has 2 heterocycles. The van der Waals surface area contributed by atoms with E-state index in [2.05, 4.69) is 16.5 Å². The first-order chi connectivity index (χ1) is 7.24. The van der Waals surface area contributed by atoms with Crippen LogP contribution in [-0.4, -0.2) is 22.8 Å². The van der Waals surface area contributed by atoms with Crippen LogP contribution in [0.25, 0.3) is 0 Å². The van der Waals surface area contributed by atoms with Crippen LogP contribution in [0, 0.1) is 6.92 Å². The fourth-order valence-corrected chi connectivity index (χ4v) is 2.26. The molecule has 2 N–H and O–H groups in total. The third-order valence-corrected chi connectivity index (χ3v) is 3.09. The summed E-state index contributed by atoms with van der Waals surface area (Å²) in [6.45, 7) is 6.63. The lowest BCUT2D eigenvalue weighted by molar-refractivity contribution is 0.0796. The Balaban J connectivity index is 2.27. The summed E-state index contributed by atoms with van der Waals surface area (Å²) in [4.78, 5) is 4.56. The van der Waals surface area contributed by atoms with Crippen LogP contribution in [0.4, 0.5) is 5.82 Å².